The molecule has 0 aliphatic heterocycles. The number of nitrogens with zero attached hydrogens (tertiary/aromatic N) is 3. The number of carbonyl (C=O) groups is 1. The topological polar surface area (TPSA) is 61.1 Å². The zero-order valence-electron chi connectivity index (χ0n) is 14.3. The van der Waals surface area contributed by atoms with Crippen molar-refractivity contribution in [2.24, 2.45) is 0 Å². The van der Waals surface area contributed by atoms with Crippen LogP contribution in [-0.4, -0.2) is 40.0 Å². The van der Waals surface area contributed by atoms with Gasteiger partial charge in [-0.2, -0.15) is 5.10 Å². The molecule has 3 rings (SSSR count). The van der Waals surface area contributed by atoms with Crippen molar-refractivity contribution in [1.29, 1.82) is 0 Å². The molecule has 6 heteroatoms. The Bertz CT molecular complexity index is 794. The first-order valence-electron chi connectivity index (χ1n) is 8.44. The van der Waals surface area contributed by atoms with Gasteiger partial charge in [0.1, 0.15) is 5.56 Å². The van der Waals surface area contributed by atoms with Gasteiger partial charge in [0.15, 0.2) is 5.82 Å². The predicted molar refractivity (Wildman–Crippen MR) is 96.3 cm³/mol. The van der Waals surface area contributed by atoms with Crippen molar-refractivity contribution >= 4 is 5.91 Å². The number of hydrogen-bond acceptors (Lipinski definition) is 3. The number of benzene rings is 1. The Morgan fingerprint density at radius 2 is 1.92 bits per heavy atom. The van der Waals surface area contributed by atoms with Crippen LogP contribution < -0.4 is 5.32 Å². The first kappa shape index (κ1) is 17.0. The molecule has 2 aromatic heterocycles. The number of para-hydroxylation sites is 1. The highest BCUT2D eigenvalue weighted by atomic mass is 16.5. The molecule has 0 saturated carbocycles. The Labute approximate surface area is 147 Å². The van der Waals surface area contributed by atoms with E-state index < -0.39 is 0 Å². The summed E-state index contributed by atoms with van der Waals surface area (Å²) in [4.78, 5) is 12.6. The van der Waals surface area contributed by atoms with Crippen LogP contribution in [0.1, 0.15) is 23.7 Å². The summed E-state index contributed by atoms with van der Waals surface area (Å²) in [6.07, 6.45) is 6.20. The van der Waals surface area contributed by atoms with E-state index in [0.717, 1.165) is 17.9 Å². The smallest absolute Gasteiger partial charge is 0.256 e. The minimum absolute atomic E-state index is 0.137. The van der Waals surface area contributed by atoms with E-state index in [0.29, 0.717) is 25.3 Å². The lowest BCUT2D eigenvalue weighted by molar-refractivity contribution is 0.0944. The normalized spacial score (nSPS) is 10.8. The van der Waals surface area contributed by atoms with Crippen LogP contribution in [0, 0.1) is 0 Å². The Hall–Kier alpha value is -2.86. The first-order chi connectivity index (χ1) is 12.3. The standard InChI is InChI=1S/C19H22N4O2/c1-2-25-14-8-11-20-18(24)17-15-21-23(16-9-4-3-5-10-16)19(17)22-12-6-7-13-22/h3-7,9-10,12-13,15H,2,8,11,14H2,1H3,(H,20,24). The fraction of sp³-hybridized carbons (Fsp3) is 0.263. The lowest BCUT2D eigenvalue weighted by atomic mass is 10.2. The Balaban J connectivity index is 1.85. The molecule has 2 heterocycles. The maximum Gasteiger partial charge on any atom is 0.256 e. The van der Waals surface area contributed by atoms with Crippen molar-refractivity contribution in [3.8, 4) is 11.5 Å². The molecule has 1 amide bonds. The van der Waals surface area contributed by atoms with Crippen molar-refractivity contribution in [3.05, 3.63) is 66.6 Å². The van der Waals surface area contributed by atoms with Gasteiger partial charge >= 0.3 is 0 Å². The van der Waals surface area contributed by atoms with Gasteiger partial charge in [-0.05, 0) is 37.6 Å². The monoisotopic (exact) mass is 338 g/mol. The van der Waals surface area contributed by atoms with Crippen molar-refractivity contribution in [3.63, 3.8) is 0 Å². The number of rotatable bonds is 8. The number of amides is 1. The number of carbonyl (C=O) groups excluding carboxylic acids is 1. The molecule has 130 valence electrons. The van der Waals surface area contributed by atoms with Gasteiger partial charge in [0.2, 0.25) is 0 Å². The molecule has 0 aliphatic carbocycles. The van der Waals surface area contributed by atoms with Gasteiger partial charge in [-0.15, -0.1) is 0 Å². The lowest BCUT2D eigenvalue weighted by Gasteiger charge is -2.11. The Kier molecular flexibility index (Phi) is 5.64. The summed E-state index contributed by atoms with van der Waals surface area (Å²) in [7, 11) is 0. The summed E-state index contributed by atoms with van der Waals surface area (Å²) in [5.74, 6) is 0.584. The SMILES string of the molecule is CCOCCCNC(=O)c1cnn(-c2ccccc2)c1-n1cccc1. The third kappa shape index (κ3) is 3.97. The van der Waals surface area contributed by atoms with Crippen LogP contribution in [0.5, 0.6) is 0 Å². The molecule has 0 aliphatic rings. The van der Waals surface area contributed by atoms with Crippen LogP contribution in [0.25, 0.3) is 11.5 Å². The van der Waals surface area contributed by atoms with E-state index in [9.17, 15) is 4.79 Å². The molecule has 1 N–H and O–H groups in total. The van der Waals surface area contributed by atoms with E-state index in [4.69, 9.17) is 4.74 Å². The average molecular weight is 338 g/mol. The molecule has 0 atom stereocenters. The molecule has 3 aromatic rings. The van der Waals surface area contributed by atoms with Gasteiger partial charge in [-0.3, -0.25) is 4.79 Å². The molecule has 0 bridgehead atoms. The fourth-order valence-corrected chi connectivity index (χ4v) is 2.60. The lowest BCUT2D eigenvalue weighted by Crippen LogP contribution is -2.26. The van der Waals surface area contributed by atoms with E-state index in [2.05, 4.69) is 10.4 Å². The van der Waals surface area contributed by atoms with Crippen LogP contribution in [0.15, 0.2) is 61.1 Å². The molecular formula is C19H22N4O2. The van der Waals surface area contributed by atoms with Gasteiger partial charge < -0.3 is 14.6 Å². The van der Waals surface area contributed by atoms with Crippen molar-refractivity contribution in [2.75, 3.05) is 19.8 Å². The van der Waals surface area contributed by atoms with E-state index in [-0.39, 0.29) is 5.91 Å². The Morgan fingerprint density at radius 1 is 1.16 bits per heavy atom. The van der Waals surface area contributed by atoms with Crippen LogP contribution in [0.3, 0.4) is 0 Å². The third-order valence-corrected chi connectivity index (χ3v) is 3.79. The van der Waals surface area contributed by atoms with Gasteiger partial charge in [0, 0.05) is 32.2 Å². The van der Waals surface area contributed by atoms with E-state index in [1.165, 1.54) is 0 Å². The first-order valence-corrected chi connectivity index (χ1v) is 8.44. The van der Waals surface area contributed by atoms with Gasteiger partial charge in [-0.1, -0.05) is 18.2 Å². The second kappa shape index (κ2) is 8.30. The number of aromatic nitrogens is 3. The zero-order chi connectivity index (χ0) is 17.5. The quantitative estimate of drug-likeness (QED) is 0.643. The highest BCUT2D eigenvalue weighted by molar-refractivity contribution is 5.97. The van der Waals surface area contributed by atoms with Crippen molar-refractivity contribution < 1.29 is 9.53 Å². The van der Waals surface area contributed by atoms with Gasteiger partial charge in [-0.25, -0.2) is 4.68 Å². The molecule has 1 aromatic carbocycles. The van der Waals surface area contributed by atoms with Crippen LogP contribution in [0.4, 0.5) is 0 Å². The second-order valence-electron chi connectivity index (χ2n) is 5.53. The van der Waals surface area contributed by atoms with Crippen molar-refractivity contribution in [2.45, 2.75) is 13.3 Å². The molecule has 0 fully saturated rings. The summed E-state index contributed by atoms with van der Waals surface area (Å²) in [5, 5.41) is 7.37. The van der Waals surface area contributed by atoms with E-state index in [1.807, 2.05) is 66.3 Å². The van der Waals surface area contributed by atoms with Crippen LogP contribution in [-0.2, 0) is 4.74 Å². The van der Waals surface area contributed by atoms with E-state index >= 15 is 0 Å². The predicted octanol–water partition coefficient (Wildman–Crippen LogP) is 2.82. The third-order valence-electron chi connectivity index (χ3n) is 3.79. The molecule has 0 saturated heterocycles. The summed E-state index contributed by atoms with van der Waals surface area (Å²) in [6.45, 7) is 3.86. The van der Waals surface area contributed by atoms with Crippen LogP contribution in [0.2, 0.25) is 0 Å². The number of ether oxygens (including phenoxy) is 1. The molecule has 6 nitrogen and oxygen atoms in total. The minimum atomic E-state index is -0.137. The van der Waals surface area contributed by atoms with Crippen LogP contribution >= 0.6 is 0 Å². The molecule has 0 unspecified atom stereocenters. The van der Waals surface area contributed by atoms with Gasteiger partial charge in [0.25, 0.3) is 5.91 Å². The van der Waals surface area contributed by atoms with E-state index in [1.54, 1.807) is 10.9 Å². The minimum Gasteiger partial charge on any atom is -0.382 e. The summed E-state index contributed by atoms with van der Waals surface area (Å²) in [5.41, 5.74) is 1.44. The zero-order valence-corrected chi connectivity index (χ0v) is 14.3. The summed E-state index contributed by atoms with van der Waals surface area (Å²) < 4.78 is 8.96. The maximum absolute atomic E-state index is 12.6. The number of nitrogens with one attached hydrogen (secondary N) is 1. The highest BCUT2D eigenvalue weighted by Crippen LogP contribution is 2.19. The molecule has 0 radical (unpaired) electrons. The highest BCUT2D eigenvalue weighted by Gasteiger charge is 2.19. The maximum atomic E-state index is 12.6. The second-order valence-corrected chi connectivity index (χ2v) is 5.53. The van der Waals surface area contributed by atoms with Gasteiger partial charge in [0.05, 0.1) is 11.9 Å². The summed E-state index contributed by atoms with van der Waals surface area (Å²) >= 11 is 0. The largest absolute Gasteiger partial charge is 0.382 e. The molecule has 25 heavy (non-hydrogen) atoms. The molecule has 0 spiro atoms. The molecular weight excluding hydrogens is 316 g/mol. The summed E-state index contributed by atoms with van der Waals surface area (Å²) in [6, 6.07) is 13.6. The average Bonchev–Trinajstić information content (AvgIpc) is 3.31. The Morgan fingerprint density at radius 3 is 2.64 bits per heavy atom. The van der Waals surface area contributed by atoms with Crippen molar-refractivity contribution in [1.82, 2.24) is 19.7 Å². The number of hydrogen-bond donors (Lipinski definition) is 1. The fourth-order valence-electron chi connectivity index (χ4n) is 2.60.